The Hall–Kier alpha value is -1.85. The molecule has 0 radical (unpaired) electrons. The van der Waals surface area contributed by atoms with Gasteiger partial charge in [-0.25, -0.2) is 4.79 Å². The number of hydrogen-bond acceptors (Lipinski definition) is 4. The molecule has 0 unspecified atom stereocenters. The Morgan fingerprint density at radius 2 is 2.16 bits per heavy atom. The van der Waals surface area contributed by atoms with Crippen molar-refractivity contribution in [2.45, 2.75) is 32.4 Å². The van der Waals surface area contributed by atoms with Crippen LogP contribution in [0.25, 0.3) is 0 Å². The van der Waals surface area contributed by atoms with Crippen molar-refractivity contribution in [1.82, 2.24) is 4.90 Å². The van der Waals surface area contributed by atoms with Crippen molar-refractivity contribution >= 4 is 23.1 Å². The van der Waals surface area contributed by atoms with Crippen molar-refractivity contribution in [2.24, 2.45) is 5.92 Å². The second-order valence-corrected chi connectivity index (χ2v) is 7.90. The van der Waals surface area contributed by atoms with Gasteiger partial charge in [0.15, 0.2) is 0 Å². The van der Waals surface area contributed by atoms with Crippen LogP contribution in [0.15, 0.2) is 41.1 Å². The van der Waals surface area contributed by atoms with Gasteiger partial charge in [0.2, 0.25) is 0 Å². The first-order valence-electron chi connectivity index (χ1n) is 8.97. The molecule has 1 amide bonds. The van der Waals surface area contributed by atoms with Gasteiger partial charge in [0.1, 0.15) is 6.10 Å². The lowest BCUT2D eigenvalue weighted by Gasteiger charge is -2.44. The van der Waals surface area contributed by atoms with E-state index < -0.39 is 0 Å². The van der Waals surface area contributed by atoms with Gasteiger partial charge < -0.3 is 4.74 Å². The number of rotatable bonds is 4. The van der Waals surface area contributed by atoms with Crippen molar-refractivity contribution in [1.29, 1.82) is 0 Å². The Balaban J connectivity index is 1.53. The lowest BCUT2D eigenvalue weighted by Crippen LogP contribution is -2.53. The van der Waals surface area contributed by atoms with Crippen LogP contribution >= 0.6 is 11.3 Å². The number of ether oxygens (including phenoxy) is 1. The predicted octanol–water partition coefficient (Wildman–Crippen LogP) is 4.29. The van der Waals surface area contributed by atoms with E-state index in [9.17, 15) is 4.79 Å². The lowest BCUT2D eigenvalue weighted by atomic mass is 9.86. The lowest BCUT2D eigenvalue weighted by molar-refractivity contribution is -0.0311. The zero-order valence-electron chi connectivity index (χ0n) is 14.6. The standard InChI is InChI=1S/C20H24N2O2S/c1-15-3-2-4-18(11-15)22(12-16-7-10-25-14-16)20(23)24-19-13-21-8-5-17(19)6-9-21/h2-4,7,10-11,14,17,19H,5-6,8-9,12-13H2,1H3/t19-/m0/s1. The number of anilines is 1. The van der Waals surface area contributed by atoms with E-state index in [1.54, 1.807) is 16.2 Å². The van der Waals surface area contributed by atoms with Gasteiger partial charge in [0.25, 0.3) is 0 Å². The molecule has 2 aromatic rings. The summed E-state index contributed by atoms with van der Waals surface area (Å²) < 4.78 is 5.98. The van der Waals surface area contributed by atoms with E-state index in [2.05, 4.69) is 16.3 Å². The van der Waals surface area contributed by atoms with Crippen LogP contribution < -0.4 is 4.90 Å². The molecule has 1 aromatic heterocycles. The first-order valence-corrected chi connectivity index (χ1v) is 9.91. The molecule has 4 nitrogen and oxygen atoms in total. The fourth-order valence-electron chi connectivity index (χ4n) is 3.86. The summed E-state index contributed by atoms with van der Waals surface area (Å²) in [7, 11) is 0. The average Bonchev–Trinajstić information content (AvgIpc) is 3.14. The minimum Gasteiger partial charge on any atom is -0.444 e. The third-order valence-electron chi connectivity index (χ3n) is 5.30. The van der Waals surface area contributed by atoms with Gasteiger partial charge >= 0.3 is 6.09 Å². The van der Waals surface area contributed by atoms with Crippen molar-refractivity contribution in [3.63, 3.8) is 0 Å². The Bertz CT molecular complexity index is 723. The minimum atomic E-state index is -0.226. The predicted molar refractivity (Wildman–Crippen MR) is 101 cm³/mol. The van der Waals surface area contributed by atoms with Crippen LogP contribution in [0.3, 0.4) is 0 Å². The Labute approximate surface area is 153 Å². The zero-order chi connectivity index (χ0) is 17.2. The summed E-state index contributed by atoms with van der Waals surface area (Å²) in [6.45, 7) is 5.78. The number of benzene rings is 1. The second kappa shape index (κ2) is 7.18. The van der Waals surface area contributed by atoms with Crippen LogP contribution in [0.5, 0.6) is 0 Å². The van der Waals surface area contributed by atoms with E-state index >= 15 is 0 Å². The number of hydrogen-bond donors (Lipinski definition) is 0. The number of thiophene rings is 1. The summed E-state index contributed by atoms with van der Waals surface area (Å²) in [6.07, 6.45) is 2.10. The fourth-order valence-corrected chi connectivity index (χ4v) is 4.52. The van der Waals surface area contributed by atoms with Crippen molar-refractivity contribution in [2.75, 3.05) is 24.5 Å². The topological polar surface area (TPSA) is 32.8 Å². The van der Waals surface area contributed by atoms with E-state index in [0.29, 0.717) is 12.5 Å². The van der Waals surface area contributed by atoms with E-state index in [0.717, 1.165) is 49.3 Å². The molecule has 3 fully saturated rings. The van der Waals surface area contributed by atoms with Crippen molar-refractivity contribution in [3.05, 3.63) is 52.2 Å². The van der Waals surface area contributed by atoms with Crippen LogP contribution in [0, 0.1) is 12.8 Å². The van der Waals surface area contributed by atoms with Crippen LogP contribution in [0.4, 0.5) is 10.5 Å². The van der Waals surface area contributed by atoms with Crippen LogP contribution in [-0.2, 0) is 11.3 Å². The SMILES string of the molecule is Cc1cccc(N(Cc2ccsc2)C(=O)O[C@H]2CN3CCC2CC3)c1. The molecule has 25 heavy (non-hydrogen) atoms. The van der Waals surface area contributed by atoms with Gasteiger partial charge in [-0.2, -0.15) is 11.3 Å². The summed E-state index contributed by atoms with van der Waals surface area (Å²) in [5.41, 5.74) is 3.18. The molecular weight excluding hydrogens is 332 g/mol. The van der Waals surface area contributed by atoms with Gasteiger partial charge in [-0.3, -0.25) is 9.80 Å². The molecule has 0 saturated carbocycles. The Morgan fingerprint density at radius 3 is 2.80 bits per heavy atom. The van der Waals surface area contributed by atoms with Crippen LogP contribution in [0.1, 0.15) is 24.0 Å². The highest BCUT2D eigenvalue weighted by molar-refractivity contribution is 7.07. The number of carbonyl (C=O) groups excluding carboxylic acids is 1. The van der Waals surface area contributed by atoms with E-state index in [-0.39, 0.29) is 12.2 Å². The zero-order valence-corrected chi connectivity index (χ0v) is 15.4. The number of piperidine rings is 3. The van der Waals surface area contributed by atoms with Crippen molar-refractivity contribution < 1.29 is 9.53 Å². The molecule has 3 saturated heterocycles. The fraction of sp³-hybridized carbons (Fsp3) is 0.450. The molecular formula is C20H24N2O2S. The molecule has 5 heteroatoms. The second-order valence-electron chi connectivity index (χ2n) is 7.12. The maximum absolute atomic E-state index is 13.0. The van der Waals surface area contributed by atoms with Crippen LogP contribution in [-0.4, -0.2) is 36.7 Å². The van der Waals surface area contributed by atoms with E-state index in [4.69, 9.17) is 4.74 Å². The average molecular weight is 356 g/mol. The smallest absolute Gasteiger partial charge is 0.414 e. The molecule has 1 atom stereocenters. The highest BCUT2D eigenvalue weighted by atomic mass is 32.1. The van der Waals surface area contributed by atoms with Crippen LogP contribution in [0.2, 0.25) is 0 Å². The minimum absolute atomic E-state index is 0.0322. The summed E-state index contributed by atoms with van der Waals surface area (Å²) >= 11 is 1.65. The maximum atomic E-state index is 13.0. The van der Waals surface area contributed by atoms with Crippen molar-refractivity contribution in [3.8, 4) is 0 Å². The molecule has 0 spiro atoms. The number of carbonyl (C=O) groups is 1. The van der Waals surface area contributed by atoms with Gasteiger partial charge in [-0.1, -0.05) is 12.1 Å². The third-order valence-corrected chi connectivity index (χ3v) is 6.03. The summed E-state index contributed by atoms with van der Waals surface area (Å²) in [5.74, 6) is 0.523. The highest BCUT2D eigenvalue weighted by Gasteiger charge is 2.37. The number of fused-ring (bicyclic) bond motifs is 3. The Morgan fingerprint density at radius 1 is 1.32 bits per heavy atom. The molecule has 2 bridgehead atoms. The normalized spacial score (nSPS) is 24.9. The monoisotopic (exact) mass is 356 g/mol. The summed E-state index contributed by atoms with van der Waals surface area (Å²) in [5, 5.41) is 4.13. The summed E-state index contributed by atoms with van der Waals surface area (Å²) in [6, 6.07) is 10.1. The summed E-state index contributed by atoms with van der Waals surface area (Å²) in [4.78, 5) is 17.2. The maximum Gasteiger partial charge on any atom is 0.414 e. The molecule has 4 heterocycles. The van der Waals surface area contributed by atoms with E-state index in [1.807, 2.05) is 36.6 Å². The quantitative estimate of drug-likeness (QED) is 0.819. The van der Waals surface area contributed by atoms with E-state index in [1.165, 1.54) is 0 Å². The number of aryl methyl sites for hydroxylation is 1. The molecule has 5 rings (SSSR count). The molecule has 3 aliphatic rings. The molecule has 132 valence electrons. The molecule has 0 aliphatic carbocycles. The first kappa shape index (κ1) is 16.6. The third kappa shape index (κ3) is 3.72. The molecule has 1 aromatic carbocycles. The first-order chi connectivity index (χ1) is 12.2. The Kier molecular flexibility index (Phi) is 4.77. The largest absolute Gasteiger partial charge is 0.444 e. The van der Waals surface area contributed by atoms with Gasteiger partial charge in [0, 0.05) is 12.2 Å². The molecule has 3 aliphatic heterocycles. The van der Waals surface area contributed by atoms with Gasteiger partial charge in [-0.15, -0.1) is 0 Å². The number of amides is 1. The highest BCUT2D eigenvalue weighted by Crippen LogP contribution is 2.31. The number of nitrogens with zero attached hydrogens (tertiary/aromatic N) is 2. The van der Waals surface area contributed by atoms with Gasteiger partial charge in [-0.05, 0) is 78.9 Å². The van der Waals surface area contributed by atoms with Gasteiger partial charge in [0.05, 0.1) is 6.54 Å². The molecule has 0 N–H and O–H groups in total.